The van der Waals surface area contributed by atoms with Crippen LogP contribution in [-0.2, 0) is 16.6 Å². The molecule has 0 aliphatic rings. The number of rotatable bonds is 5. The highest BCUT2D eigenvalue weighted by Gasteiger charge is 2.23. The molecule has 7 heteroatoms. The van der Waals surface area contributed by atoms with Crippen molar-refractivity contribution in [2.75, 3.05) is 16.9 Å². The topological polar surface area (TPSA) is 85.8 Å². The number of thioether (sulfide) groups is 1. The van der Waals surface area contributed by atoms with Gasteiger partial charge in [0, 0.05) is 11.1 Å². The van der Waals surface area contributed by atoms with Crippen LogP contribution in [0.25, 0.3) is 0 Å². The molecule has 0 aliphatic heterocycles. The number of nitrogens with two attached hydrogens (primary N) is 1. The summed E-state index contributed by atoms with van der Waals surface area (Å²) in [7, 11) is 0. The summed E-state index contributed by atoms with van der Waals surface area (Å²) in [6.45, 7) is 8.13. The number of aryl methyl sites for hydroxylation is 1. The third-order valence-electron chi connectivity index (χ3n) is 3.29. The molecule has 0 bridgehead atoms. The Kier molecular flexibility index (Phi) is 5.30. The molecular weight excluding hydrogens is 310 g/mol. The summed E-state index contributed by atoms with van der Waals surface area (Å²) >= 11 is 1.27. The zero-order chi connectivity index (χ0) is 17.0. The van der Waals surface area contributed by atoms with Crippen molar-refractivity contribution >= 4 is 23.4 Å². The van der Waals surface area contributed by atoms with Gasteiger partial charge in [0.25, 0.3) is 0 Å². The molecule has 2 rings (SSSR count). The number of amides is 1. The second-order valence-electron chi connectivity index (χ2n) is 6.32. The summed E-state index contributed by atoms with van der Waals surface area (Å²) in [5.41, 5.74) is 1.80. The normalized spacial score (nSPS) is 11.5. The fourth-order valence-corrected chi connectivity index (χ4v) is 2.74. The number of benzene rings is 1. The Bertz CT molecular complexity index is 690. The molecule has 0 fully saturated rings. The number of nitrogens with one attached hydrogen (secondary N) is 1. The summed E-state index contributed by atoms with van der Waals surface area (Å²) < 4.78 is 1.45. The van der Waals surface area contributed by atoms with Gasteiger partial charge in [0.2, 0.25) is 11.1 Å². The van der Waals surface area contributed by atoms with Crippen LogP contribution in [0.3, 0.4) is 0 Å². The molecule has 0 spiro atoms. The molecule has 0 aliphatic carbocycles. The first-order valence-electron chi connectivity index (χ1n) is 7.54. The van der Waals surface area contributed by atoms with Gasteiger partial charge in [-0.15, -0.1) is 10.2 Å². The maximum Gasteiger partial charge on any atom is 0.234 e. The summed E-state index contributed by atoms with van der Waals surface area (Å²) in [5, 5.41) is 11.6. The van der Waals surface area contributed by atoms with Gasteiger partial charge in [-0.1, -0.05) is 51.6 Å². The average Bonchev–Trinajstić information content (AvgIpc) is 2.86. The van der Waals surface area contributed by atoms with Gasteiger partial charge in [-0.2, -0.15) is 0 Å². The van der Waals surface area contributed by atoms with Crippen LogP contribution >= 0.6 is 11.8 Å². The third-order valence-corrected chi connectivity index (χ3v) is 4.23. The Morgan fingerprint density at radius 2 is 2.09 bits per heavy atom. The van der Waals surface area contributed by atoms with Crippen molar-refractivity contribution in [2.24, 2.45) is 0 Å². The Labute approximate surface area is 140 Å². The molecule has 23 heavy (non-hydrogen) atoms. The van der Waals surface area contributed by atoms with Crippen molar-refractivity contribution in [3.8, 4) is 0 Å². The van der Waals surface area contributed by atoms with E-state index in [-0.39, 0.29) is 17.1 Å². The Morgan fingerprint density at radius 3 is 2.70 bits per heavy atom. The molecule has 1 aromatic carbocycles. The smallest absolute Gasteiger partial charge is 0.234 e. The van der Waals surface area contributed by atoms with Crippen LogP contribution in [0.5, 0.6) is 0 Å². The molecular formula is C16H23N5OS. The number of nitrogen functional groups attached to an aromatic ring is 1. The lowest BCUT2D eigenvalue weighted by atomic mass is 9.96. The van der Waals surface area contributed by atoms with Crippen molar-refractivity contribution in [1.82, 2.24) is 14.9 Å². The second kappa shape index (κ2) is 7.04. The molecule has 2 aromatic rings. The van der Waals surface area contributed by atoms with E-state index in [0.717, 1.165) is 12.1 Å². The van der Waals surface area contributed by atoms with E-state index in [0.29, 0.717) is 11.0 Å². The molecule has 0 saturated heterocycles. The minimum absolute atomic E-state index is 0.0939. The Hall–Kier alpha value is -2.02. The van der Waals surface area contributed by atoms with E-state index in [1.54, 1.807) is 0 Å². The highest BCUT2D eigenvalue weighted by molar-refractivity contribution is 7.99. The van der Waals surface area contributed by atoms with Gasteiger partial charge in [0.15, 0.2) is 5.82 Å². The van der Waals surface area contributed by atoms with Gasteiger partial charge in [0.05, 0.1) is 5.75 Å². The van der Waals surface area contributed by atoms with Gasteiger partial charge < -0.3 is 11.2 Å². The quantitative estimate of drug-likeness (QED) is 0.649. The van der Waals surface area contributed by atoms with Gasteiger partial charge in [0.1, 0.15) is 0 Å². The van der Waals surface area contributed by atoms with Crippen LogP contribution in [0.4, 0.5) is 5.69 Å². The van der Waals surface area contributed by atoms with Gasteiger partial charge in [-0.25, -0.2) is 4.68 Å². The summed E-state index contributed by atoms with van der Waals surface area (Å²) in [5.74, 6) is 6.83. The Balaban J connectivity index is 1.96. The minimum atomic E-state index is -0.191. The molecule has 3 N–H and O–H groups in total. The predicted molar refractivity (Wildman–Crippen MR) is 94.0 cm³/mol. The van der Waals surface area contributed by atoms with Crippen LogP contribution in [0, 0.1) is 0 Å². The van der Waals surface area contributed by atoms with E-state index in [4.69, 9.17) is 5.84 Å². The lowest BCUT2D eigenvalue weighted by molar-refractivity contribution is -0.113. The average molecular weight is 333 g/mol. The van der Waals surface area contributed by atoms with Crippen molar-refractivity contribution < 1.29 is 4.79 Å². The van der Waals surface area contributed by atoms with E-state index < -0.39 is 0 Å². The zero-order valence-electron chi connectivity index (χ0n) is 14.0. The van der Waals surface area contributed by atoms with Crippen LogP contribution < -0.4 is 11.2 Å². The highest BCUT2D eigenvalue weighted by atomic mass is 32.2. The molecule has 0 atom stereocenters. The predicted octanol–water partition coefficient (Wildman–Crippen LogP) is 2.58. The first-order chi connectivity index (χ1) is 10.8. The number of carbonyl (C=O) groups excluding carboxylic acids is 1. The number of aromatic nitrogens is 3. The van der Waals surface area contributed by atoms with Crippen LogP contribution in [-0.4, -0.2) is 26.5 Å². The van der Waals surface area contributed by atoms with Gasteiger partial charge in [-0.3, -0.25) is 4.79 Å². The lowest BCUT2D eigenvalue weighted by Crippen LogP contribution is -2.24. The molecule has 1 aromatic heterocycles. The standard InChI is InChI=1S/C16H23N5OS/c1-5-11-7-6-8-12(9-11)18-13(22)10-23-15-20-19-14(21(15)17)16(2,3)4/h6-9H,5,10,17H2,1-4H3,(H,18,22). The lowest BCUT2D eigenvalue weighted by Gasteiger charge is -2.16. The fraction of sp³-hybridized carbons (Fsp3) is 0.438. The SMILES string of the molecule is CCc1cccc(NC(=O)CSc2nnc(C(C)(C)C)n2N)c1. The van der Waals surface area contributed by atoms with Crippen LogP contribution in [0.2, 0.25) is 0 Å². The van der Waals surface area contributed by atoms with E-state index in [1.165, 1.54) is 22.0 Å². The third kappa shape index (κ3) is 4.48. The van der Waals surface area contributed by atoms with Crippen LogP contribution in [0.1, 0.15) is 39.1 Å². The maximum atomic E-state index is 12.1. The van der Waals surface area contributed by atoms with Crippen molar-refractivity contribution in [1.29, 1.82) is 0 Å². The first kappa shape index (κ1) is 17.3. The first-order valence-corrected chi connectivity index (χ1v) is 8.52. The van der Waals surface area contributed by atoms with E-state index in [1.807, 2.05) is 45.0 Å². The largest absolute Gasteiger partial charge is 0.336 e. The van der Waals surface area contributed by atoms with E-state index in [2.05, 4.69) is 22.4 Å². The molecule has 124 valence electrons. The maximum absolute atomic E-state index is 12.1. The van der Waals surface area contributed by atoms with Gasteiger partial charge >= 0.3 is 0 Å². The zero-order valence-corrected chi connectivity index (χ0v) is 14.8. The fourth-order valence-electron chi connectivity index (χ4n) is 2.08. The molecule has 6 nitrogen and oxygen atoms in total. The summed E-state index contributed by atoms with van der Waals surface area (Å²) in [6.07, 6.45) is 0.935. The number of anilines is 1. The van der Waals surface area contributed by atoms with E-state index in [9.17, 15) is 4.79 Å². The molecule has 1 amide bonds. The van der Waals surface area contributed by atoms with Gasteiger partial charge in [-0.05, 0) is 24.1 Å². The van der Waals surface area contributed by atoms with Crippen molar-refractivity contribution in [3.63, 3.8) is 0 Å². The van der Waals surface area contributed by atoms with Crippen molar-refractivity contribution in [3.05, 3.63) is 35.7 Å². The number of carbonyl (C=O) groups is 1. The number of hydrogen-bond acceptors (Lipinski definition) is 5. The molecule has 0 unspecified atom stereocenters. The monoisotopic (exact) mass is 333 g/mol. The van der Waals surface area contributed by atoms with Crippen LogP contribution in [0.15, 0.2) is 29.4 Å². The summed E-state index contributed by atoms with van der Waals surface area (Å²) in [4.78, 5) is 12.1. The second-order valence-corrected chi connectivity index (χ2v) is 7.26. The highest BCUT2D eigenvalue weighted by Crippen LogP contribution is 2.23. The summed E-state index contributed by atoms with van der Waals surface area (Å²) in [6, 6.07) is 7.83. The number of nitrogens with zero attached hydrogens (tertiary/aromatic N) is 3. The number of hydrogen-bond donors (Lipinski definition) is 2. The molecule has 0 radical (unpaired) electrons. The van der Waals surface area contributed by atoms with Crippen molar-refractivity contribution in [2.45, 2.75) is 44.7 Å². The minimum Gasteiger partial charge on any atom is -0.336 e. The Morgan fingerprint density at radius 1 is 1.35 bits per heavy atom. The van der Waals surface area contributed by atoms with E-state index >= 15 is 0 Å². The molecule has 1 heterocycles. The molecule has 0 saturated carbocycles.